The van der Waals surface area contributed by atoms with Crippen LogP contribution >= 0.6 is 0 Å². The van der Waals surface area contributed by atoms with Gasteiger partial charge in [-0.1, -0.05) is 13.8 Å². The number of carbonyl (C=O) groups excluding carboxylic acids is 1. The van der Waals surface area contributed by atoms with E-state index in [-0.39, 0.29) is 5.92 Å². The van der Waals surface area contributed by atoms with Gasteiger partial charge in [0.05, 0.1) is 0 Å². The number of carbonyl (C=O) groups is 2. The van der Waals surface area contributed by atoms with Gasteiger partial charge in [-0.15, -0.1) is 0 Å². The second kappa shape index (κ2) is 6.88. The van der Waals surface area contributed by atoms with Gasteiger partial charge in [-0.05, 0) is 37.1 Å². The lowest BCUT2D eigenvalue weighted by atomic mass is 10.1. The Morgan fingerprint density at radius 3 is 2.25 bits per heavy atom. The molecule has 20 heavy (non-hydrogen) atoms. The summed E-state index contributed by atoms with van der Waals surface area (Å²) < 4.78 is 12.9. The molecule has 0 bridgehead atoms. The molecule has 0 saturated carbocycles. The number of benzene rings is 1. The number of halogens is 1. The largest absolute Gasteiger partial charge is 0.480 e. The summed E-state index contributed by atoms with van der Waals surface area (Å²) in [6.07, 6.45) is 0. The first kappa shape index (κ1) is 15.9. The highest BCUT2D eigenvalue weighted by Gasteiger charge is 2.25. The predicted octanol–water partition coefficient (Wildman–Crippen LogP) is 2.47. The maximum atomic E-state index is 12.9. The van der Waals surface area contributed by atoms with E-state index in [0.29, 0.717) is 12.2 Å². The van der Waals surface area contributed by atoms with Crippen LogP contribution in [0.15, 0.2) is 24.3 Å². The highest BCUT2D eigenvalue weighted by atomic mass is 19.1. The van der Waals surface area contributed by atoms with E-state index >= 15 is 0 Å². The van der Waals surface area contributed by atoms with E-state index in [0.717, 1.165) is 0 Å². The summed E-state index contributed by atoms with van der Waals surface area (Å²) in [4.78, 5) is 24.6. The van der Waals surface area contributed by atoms with Crippen LogP contribution in [0.2, 0.25) is 0 Å². The second-order valence-electron chi connectivity index (χ2n) is 4.73. The van der Waals surface area contributed by atoms with Gasteiger partial charge in [-0.2, -0.15) is 0 Å². The molecule has 0 radical (unpaired) electrons. The van der Waals surface area contributed by atoms with E-state index in [1.807, 2.05) is 0 Å². The maximum Gasteiger partial charge on any atom is 0.326 e. The highest BCUT2D eigenvalue weighted by molar-refractivity contribution is 5.94. The normalized spacial score (nSPS) is 12.1. The van der Waals surface area contributed by atoms with Gasteiger partial charge in [-0.25, -0.2) is 14.0 Å². The van der Waals surface area contributed by atoms with E-state index in [1.54, 1.807) is 20.8 Å². The van der Waals surface area contributed by atoms with Crippen LogP contribution in [0.3, 0.4) is 0 Å². The Hall–Kier alpha value is -2.11. The number of nitrogens with zero attached hydrogens (tertiary/aromatic N) is 1. The van der Waals surface area contributed by atoms with E-state index < -0.39 is 23.9 Å². The number of anilines is 1. The SMILES string of the molecule is CCN(C(=O)NC(C(=O)O)C(C)C)c1ccc(F)cc1. The predicted molar refractivity (Wildman–Crippen MR) is 74.2 cm³/mol. The monoisotopic (exact) mass is 282 g/mol. The summed E-state index contributed by atoms with van der Waals surface area (Å²) in [6.45, 7) is 5.54. The topological polar surface area (TPSA) is 69.6 Å². The fourth-order valence-electron chi connectivity index (χ4n) is 1.79. The lowest BCUT2D eigenvalue weighted by Crippen LogP contribution is -2.50. The summed E-state index contributed by atoms with van der Waals surface area (Å²) in [5.41, 5.74) is 0.513. The van der Waals surface area contributed by atoms with Crippen molar-refractivity contribution in [3.63, 3.8) is 0 Å². The minimum absolute atomic E-state index is 0.233. The number of amides is 2. The maximum absolute atomic E-state index is 12.9. The number of hydrogen-bond donors (Lipinski definition) is 2. The quantitative estimate of drug-likeness (QED) is 0.871. The fraction of sp³-hybridized carbons (Fsp3) is 0.429. The van der Waals surface area contributed by atoms with Crippen molar-refractivity contribution in [1.82, 2.24) is 5.32 Å². The molecule has 1 atom stereocenters. The minimum Gasteiger partial charge on any atom is -0.480 e. The number of aliphatic carboxylic acids is 1. The molecular weight excluding hydrogens is 263 g/mol. The zero-order chi connectivity index (χ0) is 15.3. The molecule has 1 aromatic carbocycles. The van der Waals surface area contributed by atoms with Crippen molar-refractivity contribution in [1.29, 1.82) is 0 Å². The summed E-state index contributed by atoms with van der Waals surface area (Å²) in [5.74, 6) is -1.71. The van der Waals surface area contributed by atoms with Crippen LogP contribution in [0.4, 0.5) is 14.9 Å². The van der Waals surface area contributed by atoms with Crippen LogP contribution in [0.1, 0.15) is 20.8 Å². The molecule has 6 heteroatoms. The summed E-state index contributed by atoms with van der Waals surface area (Å²) in [5, 5.41) is 11.5. The molecule has 1 unspecified atom stereocenters. The van der Waals surface area contributed by atoms with Gasteiger partial charge in [0.2, 0.25) is 0 Å². The van der Waals surface area contributed by atoms with Gasteiger partial charge in [-0.3, -0.25) is 4.90 Å². The van der Waals surface area contributed by atoms with Gasteiger partial charge >= 0.3 is 12.0 Å². The van der Waals surface area contributed by atoms with Gasteiger partial charge < -0.3 is 10.4 Å². The van der Waals surface area contributed by atoms with E-state index in [9.17, 15) is 14.0 Å². The molecule has 110 valence electrons. The third kappa shape index (κ3) is 3.94. The molecule has 0 spiro atoms. The first-order valence-corrected chi connectivity index (χ1v) is 6.43. The smallest absolute Gasteiger partial charge is 0.326 e. The summed E-state index contributed by atoms with van der Waals surface area (Å²) in [7, 11) is 0. The third-order valence-corrected chi connectivity index (χ3v) is 2.91. The molecule has 0 aliphatic rings. The fourth-order valence-corrected chi connectivity index (χ4v) is 1.79. The zero-order valence-electron chi connectivity index (χ0n) is 11.8. The van der Waals surface area contributed by atoms with Gasteiger partial charge in [0.15, 0.2) is 0 Å². The molecule has 1 rings (SSSR count). The molecule has 2 amide bonds. The Morgan fingerprint density at radius 2 is 1.85 bits per heavy atom. The van der Waals surface area contributed by atoms with Crippen LogP contribution < -0.4 is 10.2 Å². The van der Waals surface area contributed by atoms with Gasteiger partial charge in [0.1, 0.15) is 11.9 Å². The Kier molecular flexibility index (Phi) is 5.49. The number of rotatable bonds is 5. The Labute approximate surface area is 117 Å². The molecule has 0 aromatic heterocycles. The van der Waals surface area contributed by atoms with Crippen LogP contribution in [0.5, 0.6) is 0 Å². The molecular formula is C14H19FN2O3. The van der Waals surface area contributed by atoms with Crippen molar-refractivity contribution in [2.75, 3.05) is 11.4 Å². The first-order valence-electron chi connectivity index (χ1n) is 6.43. The lowest BCUT2D eigenvalue weighted by Gasteiger charge is -2.25. The number of urea groups is 1. The number of hydrogen-bond acceptors (Lipinski definition) is 2. The van der Waals surface area contributed by atoms with Gasteiger partial charge in [0.25, 0.3) is 0 Å². The first-order chi connectivity index (χ1) is 9.36. The molecule has 0 aliphatic heterocycles. The molecule has 0 aliphatic carbocycles. The van der Waals surface area contributed by atoms with Crippen molar-refractivity contribution in [3.8, 4) is 0 Å². The molecule has 0 heterocycles. The van der Waals surface area contributed by atoms with Crippen molar-refractivity contribution in [2.45, 2.75) is 26.8 Å². The zero-order valence-corrected chi connectivity index (χ0v) is 11.8. The molecule has 5 nitrogen and oxygen atoms in total. The summed E-state index contributed by atoms with van der Waals surface area (Å²) in [6, 6.07) is 3.98. The van der Waals surface area contributed by atoms with Crippen molar-refractivity contribution < 1.29 is 19.1 Å². The Morgan fingerprint density at radius 1 is 1.30 bits per heavy atom. The van der Waals surface area contributed by atoms with Crippen LogP contribution in [-0.2, 0) is 4.79 Å². The number of carboxylic acids is 1. The van der Waals surface area contributed by atoms with Crippen molar-refractivity contribution in [3.05, 3.63) is 30.1 Å². The molecule has 2 N–H and O–H groups in total. The average Bonchev–Trinajstić information content (AvgIpc) is 2.38. The van der Waals surface area contributed by atoms with E-state index in [4.69, 9.17) is 5.11 Å². The Balaban J connectivity index is 2.87. The molecule has 0 saturated heterocycles. The standard InChI is InChI=1S/C14H19FN2O3/c1-4-17(11-7-5-10(15)6-8-11)14(20)16-12(9(2)3)13(18)19/h5-9,12H,4H2,1-3H3,(H,16,20)(H,18,19). The number of carboxylic acid groups (broad SMARTS) is 1. The van der Waals surface area contributed by atoms with Crippen LogP contribution in [-0.4, -0.2) is 29.7 Å². The summed E-state index contributed by atoms with van der Waals surface area (Å²) >= 11 is 0. The third-order valence-electron chi connectivity index (χ3n) is 2.91. The van der Waals surface area contributed by atoms with Crippen molar-refractivity contribution in [2.24, 2.45) is 5.92 Å². The second-order valence-corrected chi connectivity index (χ2v) is 4.73. The lowest BCUT2D eigenvalue weighted by molar-refractivity contribution is -0.140. The van der Waals surface area contributed by atoms with E-state index in [2.05, 4.69) is 5.32 Å². The van der Waals surface area contributed by atoms with Crippen LogP contribution in [0.25, 0.3) is 0 Å². The molecule has 0 fully saturated rings. The number of nitrogens with one attached hydrogen (secondary N) is 1. The average molecular weight is 282 g/mol. The van der Waals surface area contributed by atoms with E-state index in [1.165, 1.54) is 29.2 Å². The Bertz CT molecular complexity index is 474. The van der Waals surface area contributed by atoms with Gasteiger partial charge in [0, 0.05) is 12.2 Å². The molecule has 1 aromatic rings. The van der Waals surface area contributed by atoms with Crippen LogP contribution in [0, 0.1) is 11.7 Å². The van der Waals surface area contributed by atoms with Crippen molar-refractivity contribution >= 4 is 17.7 Å². The highest BCUT2D eigenvalue weighted by Crippen LogP contribution is 2.15. The minimum atomic E-state index is -1.08.